The number of carbonyl (C=O) groups excluding carboxylic acids is 2. The number of likely N-dealkylation sites (tertiary alicyclic amines) is 1. The molecule has 0 N–H and O–H groups in total. The average molecular weight is 613 g/mol. The van der Waals surface area contributed by atoms with Gasteiger partial charge in [0, 0.05) is 50.0 Å². The summed E-state index contributed by atoms with van der Waals surface area (Å²) in [6.45, 7) is 5.24. The summed E-state index contributed by atoms with van der Waals surface area (Å²) in [5.74, 6) is -0.499. The Labute approximate surface area is 254 Å². The van der Waals surface area contributed by atoms with Crippen LogP contribution in [0.25, 0.3) is 6.08 Å². The van der Waals surface area contributed by atoms with Crippen molar-refractivity contribution in [3.63, 3.8) is 0 Å². The Morgan fingerprint density at radius 2 is 1.59 bits per heavy atom. The number of alkyl halides is 4. The molecule has 44 heavy (non-hydrogen) atoms. The number of amides is 2. The molecule has 234 valence electrons. The molecule has 1 aromatic heterocycles. The first-order valence-electron chi connectivity index (χ1n) is 14.2. The Morgan fingerprint density at radius 1 is 0.977 bits per heavy atom. The van der Waals surface area contributed by atoms with Gasteiger partial charge in [0.1, 0.15) is 11.8 Å². The largest absolute Gasteiger partial charge is 0.444 e. The smallest absolute Gasteiger partial charge is 0.416 e. The van der Waals surface area contributed by atoms with Gasteiger partial charge in [0.05, 0.1) is 18.2 Å². The summed E-state index contributed by atoms with van der Waals surface area (Å²) >= 11 is 0. The normalized spacial score (nSPS) is 17.4. The van der Waals surface area contributed by atoms with Crippen LogP contribution in [0.3, 0.4) is 0 Å². The molecule has 0 saturated carbocycles. The van der Waals surface area contributed by atoms with E-state index in [0.717, 1.165) is 29.1 Å². The van der Waals surface area contributed by atoms with Gasteiger partial charge >= 0.3 is 12.3 Å². The zero-order valence-corrected chi connectivity index (χ0v) is 25.1. The quantitative estimate of drug-likeness (QED) is 0.208. The van der Waals surface area contributed by atoms with Crippen LogP contribution in [0.4, 0.5) is 33.7 Å². The molecule has 11 heteroatoms. The third-order valence-electron chi connectivity index (χ3n) is 7.23. The van der Waals surface area contributed by atoms with E-state index in [2.05, 4.69) is 4.98 Å². The van der Waals surface area contributed by atoms with E-state index in [1.165, 1.54) is 34.1 Å². The minimum atomic E-state index is -4.47. The number of halogens is 4. The highest BCUT2D eigenvalue weighted by Crippen LogP contribution is 2.30. The number of ether oxygens (including phenoxy) is 1. The molecule has 0 unspecified atom stereocenters. The minimum absolute atomic E-state index is 0.0902. The number of hydrogen-bond acceptors (Lipinski definition) is 5. The maximum absolute atomic E-state index is 15.7. The molecule has 1 fully saturated rings. The summed E-state index contributed by atoms with van der Waals surface area (Å²) in [7, 11) is 1.92. The van der Waals surface area contributed by atoms with Crippen molar-refractivity contribution in [1.29, 1.82) is 0 Å². The van der Waals surface area contributed by atoms with E-state index < -0.39 is 41.6 Å². The lowest BCUT2D eigenvalue weighted by molar-refractivity contribution is -0.137. The van der Waals surface area contributed by atoms with Gasteiger partial charge in [-0.2, -0.15) is 13.2 Å². The number of rotatable bonds is 7. The first-order chi connectivity index (χ1) is 20.7. The molecule has 0 spiro atoms. The zero-order chi connectivity index (χ0) is 32.1. The molecule has 2 amide bonds. The van der Waals surface area contributed by atoms with Crippen LogP contribution in [-0.4, -0.2) is 64.7 Å². The summed E-state index contributed by atoms with van der Waals surface area (Å²) in [5, 5.41) is 0. The first kappa shape index (κ1) is 32.5. The number of anilines is 2. The third-order valence-corrected chi connectivity index (χ3v) is 7.23. The van der Waals surface area contributed by atoms with Crippen molar-refractivity contribution in [3.8, 4) is 0 Å². The number of aromatic nitrogens is 1. The second kappa shape index (κ2) is 13.5. The van der Waals surface area contributed by atoms with Crippen molar-refractivity contribution in [2.45, 2.75) is 57.7 Å². The zero-order valence-electron chi connectivity index (χ0n) is 25.1. The summed E-state index contributed by atoms with van der Waals surface area (Å²) < 4.78 is 59.9. The first-order valence-corrected chi connectivity index (χ1v) is 14.2. The summed E-state index contributed by atoms with van der Waals surface area (Å²) in [5.41, 5.74) is 1.46. The van der Waals surface area contributed by atoms with Gasteiger partial charge < -0.3 is 19.4 Å². The standard InChI is InChI=1S/C33H36F4N4O3/c1-32(2,3)44-31(43)40-20-17-29(28(34)22-40)41(30(42)14-9-23-5-10-25(11-6-23)33(35,36)37)21-24-7-12-26(13-8-24)39(4)27-15-18-38-19-16-27/h5-16,18-19,28-29H,17,20-22H2,1-4H3/b14-9+/t28-,29+/m1/s1. The predicted molar refractivity (Wildman–Crippen MR) is 161 cm³/mol. The van der Waals surface area contributed by atoms with Crippen molar-refractivity contribution < 1.29 is 31.9 Å². The molecular formula is C33H36F4N4O3. The van der Waals surface area contributed by atoms with Crippen molar-refractivity contribution in [1.82, 2.24) is 14.8 Å². The molecule has 0 bridgehead atoms. The minimum Gasteiger partial charge on any atom is -0.444 e. The van der Waals surface area contributed by atoms with Crippen LogP contribution in [0.1, 0.15) is 43.9 Å². The van der Waals surface area contributed by atoms with Crippen LogP contribution >= 0.6 is 0 Å². The molecular weight excluding hydrogens is 576 g/mol. The number of carbonyl (C=O) groups is 2. The van der Waals surface area contributed by atoms with Gasteiger partial charge in [-0.05, 0) is 80.8 Å². The average Bonchev–Trinajstić information content (AvgIpc) is 2.98. The summed E-state index contributed by atoms with van der Waals surface area (Å²) in [4.78, 5) is 34.8. The molecule has 0 radical (unpaired) electrons. The molecule has 1 aliphatic rings. The van der Waals surface area contributed by atoms with Gasteiger partial charge in [-0.1, -0.05) is 24.3 Å². The van der Waals surface area contributed by atoms with Gasteiger partial charge in [-0.25, -0.2) is 9.18 Å². The lowest BCUT2D eigenvalue weighted by Crippen LogP contribution is -2.55. The van der Waals surface area contributed by atoms with Crippen LogP contribution in [0.15, 0.2) is 79.1 Å². The van der Waals surface area contributed by atoms with Crippen LogP contribution in [-0.2, 0) is 22.3 Å². The molecule has 2 atom stereocenters. The number of pyridine rings is 1. The lowest BCUT2D eigenvalue weighted by atomic mass is 10.00. The van der Waals surface area contributed by atoms with Crippen LogP contribution in [0.5, 0.6) is 0 Å². The van der Waals surface area contributed by atoms with Crippen molar-refractivity contribution >= 4 is 29.5 Å². The van der Waals surface area contributed by atoms with Crippen molar-refractivity contribution in [2.24, 2.45) is 0 Å². The molecule has 4 rings (SSSR count). The maximum atomic E-state index is 15.7. The summed E-state index contributed by atoms with van der Waals surface area (Å²) in [6.07, 6.45) is -0.408. The molecule has 2 aromatic carbocycles. The Hall–Kier alpha value is -4.41. The summed E-state index contributed by atoms with van der Waals surface area (Å²) in [6, 6.07) is 14.8. The van der Waals surface area contributed by atoms with Crippen molar-refractivity contribution in [2.75, 3.05) is 25.0 Å². The van der Waals surface area contributed by atoms with Gasteiger partial charge in [0.2, 0.25) is 5.91 Å². The van der Waals surface area contributed by atoms with E-state index in [-0.39, 0.29) is 26.1 Å². The molecule has 2 heterocycles. The van der Waals surface area contributed by atoms with Crippen LogP contribution < -0.4 is 4.90 Å². The topological polar surface area (TPSA) is 66.0 Å². The second-order valence-electron chi connectivity index (χ2n) is 11.6. The molecule has 0 aliphatic carbocycles. The van der Waals surface area contributed by atoms with Gasteiger partial charge in [0.15, 0.2) is 0 Å². The Balaban J connectivity index is 1.54. The Morgan fingerprint density at radius 3 is 2.16 bits per heavy atom. The van der Waals surface area contributed by atoms with Crippen LogP contribution in [0, 0.1) is 0 Å². The van der Waals surface area contributed by atoms with E-state index in [0.29, 0.717) is 5.56 Å². The molecule has 7 nitrogen and oxygen atoms in total. The van der Waals surface area contributed by atoms with Gasteiger partial charge in [-0.3, -0.25) is 9.78 Å². The number of piperidine rings is 1. The van der Waals surface area contributed by atoms with Gasteiger partial charge in [-0.15, -0.1) is 0 Å². The van der Waals surface area contributed by atoms with E-state index in [1.807, 2.05) is 48.3 Å². The fourth-order valence-corrected chi connectivity index (χ4v) is 4.88. The van der Waals surface area contributed by atoms with Crippen LogP contribution in [0.2, 0.25) is 0 Å². The predicted octanol–water partition coefficient (Wildman–Crippen LogP) is 7.26. The second-order valence-corrected chi connectivity index (χ2v) is 11.6. The highest BCUT2D eigenvalue weighted by atomic mass is 19.4. The highest BCUT2D eigenvalue weighted by molar-refractivity contribution is 5.92. The lowest BCUT2D eigenvalue weighted by Gasteiger charge is -2.40. The third kappa shape index (κ3) is 8.58. The van der Waals surface area contributed by atoms with Crippen molar-refractivity contribution in [3.05, 3.63) is 95.8 Å². The SMILES string of the molecule is CN(c1ccncc1)c1ccc(CN(C(=O)/C=C/c2ccc(C(F)(F)F)cc2)[C@H]2CCN(C(=O)OC(C)(C)C)C[C@H]2F)cc1. The fourth-order valence-electron chi connectivity index (χ4n) is 4.88. The number of hydrogen-bond donors (Lipinski definition) is 0. The highest BCUT2D eigenvalue weighted by Gasteiger charge is 2.38. The molecule has 1 saturated heterocycles. The Kier molecular flexibility index (Phi) is 9.96. The number of benzene rings is 2. The van der Waals surface area contributed by atoms with E-state index in [9.17, 15) is 22.8 Å². The van der Waals surface area contributed by atoms with E-state index in [1.54, 1.807) is 33.2 Å². The van der Waals surface area contributed by atoms with E-state index in [4.69, 9.17) is 4.74 Å². The fraction of sp³-hybridized carbons (Fsp3) is 0.364. The monoisotopic (exact) mass is 612 g/mol. The maximum Gasteiger partial charge on any atom is 0.416 e. The molecule has 3 aromatic rings. The van der Waals surface area contributed by atoms with E-state index >= 15 is 4.39 Å². The molecule has 1 aliphatic heterocycles. The number of nitrogens with zero attached hydrogens (tertiary/aromatic N) is 4. The van der Waals surface area contributed by atoms with Gasteiger partial charge in [0.25, 0.3) is 0 Å². The Bertz CT molecular complexity index is 1440.